The molecular formula is C12H15F3N2O2S. The molecule has 1 saturated heterocycles. The predicted octanol–water partition coefficient (Wildman–Crippen LogP) is 1.52. The predicted molar refractivity (Wildman–Crippen MR) is 69.8 cm³/mol. The van der Waals surface area contributed by atoms with E-state index in [9.17, 15) is 21.6 Å². The molecule has 0 radical (unpaired) electrons. The minimum absolute atomic E-state index is 0.0106. The van der Waals surface area contributed by atoms with E-state index in [0.717, 1.165) is 6.07 Å². The third-order valence-electron chi connectivity index (χ3n) is 3.27. The largest absolute Gasteiger partial charge is 0.416 e. The van der Waals surface area contributed by atoms with E-state index >= 15 is 0 Å². The van der Waals surface area contributed by atoms with Gasteiger partial charge in [0.05, 0.1) is 17.1 Å². The van der Waals surface area contributed by atoms with Gasteiger partial charge >= 0.3 is 6.18 Å². The van der Waals surface area contributed by atoms with Crippen molar-refractivity contribution in [2.75, 3.05) is 30.3 Å². The summed E-state index contributed by atoms with van der Waals surface area (Å²) in [5.41, 5.74) is 4.82. The fourth-order valence-corrected chi connectivity index (χ4v) is 3.42. The summed E-state index contributed by atoms with van der Waals surface area (Å²) in [5.74, 6) is -0.0212. The van der Waals surface area contributed by atoms with Crippen molar-refractivity contribution in [3.05, 3.63) is 29.3 Å². The van der Waals surface area contributed by atoms with Gasteiger partial charge in [0.15, 0.2) is 9.84 Å². The second-order valence-corrected chi connectivity index (χ2v) is 7.15. The quantitative estimate of drug-likeness (QED) is 0.841. The van der Waals surface area contributed by atoms with E-state index in [1.807, 2.05) is 0 Å². The lowest BCUT2D eigenvalue weighted by molar-refractivity contribution is -0.138. The second-order valence-electron chi connectivity index (χ2n) is 4.84. The van der Waals surface area contributed by atoms with Crippen LogP contribution in [0, 0.1) is 0 Å². The molecule has 0 unspecified atom stereocenters. The molecule has 0 bridgehead atoms. The van der Waals surface area contributed by atoms with Crippen molar-refractivity contribution in [3.8, 4) is 0 Å². The van der Waals surface area contributed by atoms with Crippen LogP contribution >= 0.6 is 0 Å². The summed E-state index contributed by atoms with van der Waals surface area (Å²) in [5, 5.41) is 0. The van der Waals surface area contributed by atoms with Crippen LogP contribution in [0.3, 0.4) is 0 Å². The third kappa shape index (κ3) is 3.63. The van der Waals surface area contributed by atoms with Crippen LogP contribution in [0.1, 0.15) is 11.1 Å². The Bertz CT molecular complexity index is 585. The number of nitrogen functional groups attached to an aromatic ring is 1. The zero-order chi connectivity index (χ0) is 15.0. The van der Waals surface area contributed by atoms with Crippen molar-refractivity contribution in [1.82, 2.24) is 4.90 Å². The molecule has 1 aliphatic heterocycles. The monoisotopic (exact) mass is 308 g/mol. The molecule has 0 spiro atoms. The summed E-state index contributed by atoms with van der Waals surface area (Å²) in [6.07, 6.45) is -4.47. The fourth-order valence-electron chi connectivity index (χ4n) is 2.15. The molecule has 1 aromatic carbocycles. The first-order chi connectivity index (χ1) is 9.17. The maximum atomic E-state index is 12.9. The van der Waals surface area contributed by atoms with E-state index in [-0.39, 0.29) is 42.4 Å². The molecule has 20 heavy (non-hydrogen) atoms. The Labute approximate surface area is 115 Å². The number of benzene rings is 1. The molecule has 1 heterocycles. The molecular weight excluding hydrogens is 293 g/mol. The van der Waals surface area contributed by atoms with Crippen LogP contribution in [0.25, 0.3) is 0 Å². The normalized spacial score (nSPS) is 19.9. The van der Waals surface area contributed by atoms with Crippen LogP contribution in [-0.2, 0) is 22.6 Å². The first-order valence-corrected chi connectivity index (χ1v) is 7.88. The first-order valence-electron chi connectivity index (χ1n) is 6.06. The van der Waals surface area contributed by atoms with Gasteiger partial charge in [-0.2, -0.15) is 13.2 Å². The Morgan fingerprint density at radius 1 is 1.20 bits per heavy atom. The molecule has 0 aliphatic carbocycles. The smallest absolute Gasteiger partial charge is 0.399 e. The minimum atomic E-state index is -4.47. The molecule has 0 aromatic heterocycles. The van der Waals surface area contributed by atoms with E-state index in [4.69, 9.17) is 5.73 Å². The highest BCUT2D eigenvalue weighted by molar-refractivity contribution is 7.91. The Balaban J connectivity index is 2.18. The van der Waals surface area contributed by atoms with Crippen LogP contribution in [-0.4, -0.2) is 37.9 Å². The first kappa shape index (κ1) is 15.1. The SMILES string of the molecule is Nc1ccc(CN2CCS(=O)(=O)CC2)c(C(F)(F)F)c1. The number of rotatable bonds is 2. The van der Waals surface area contributed by atoms with Crippen molar-refractivity contribution in [2.24, 2.45) is 0 Å². The van der Waals surface area contributed by atoms with E-state index in [2.05, 4.69) is 0 Å². The van der Waals surface area contributed by atoms with Crippen molar-refractivity contribution in [3.63, 3.8) is 0 Å². The molecule has 1 fully saturated rings. The zero-order valence-corrected chi connectivity index (χ0v) is 11.5. The topological polar surface area (TPSA) is 63.4 Å². The summed E-state index contributed by atoms with van der Waals surface area (Å²) in [4.78, 5) is 1.71. The lowest BCUT2D eigenvalue weighted by Gasteiger charge is -2.27. The van der Waals surface area contributed by atoms with Crippen LogP contribution in [0.4, 0.5) is 18.9 Å². The number of nitrogens with zero attached hydrogens (tertiary/aromatic N) is 1. The van der Waals surface area contributed by atoms with Gasteiger partial charge in [-0.1, -0.05) is 6.07 Å². The Morgan fingerprint density at radius 3 is 2.35 bits per heavy atom. The molecule has 0 saturated carbocycles. The summed E-state index contributed by atoms with van der Waals surface area (Å²) in [7, 11) is -3.04. The summed E-state index contributed by atoms with van der Waals surface area (Å²) in [6, 6.07) is 3.68. The van der Waals surface area contributed by atoms with Gasteiger partial charge in [0.1, 0.15) is 0 Å². The molecule has 1 aliphatic rings. The number of hydrogen-bond acceptors (Lipinski definition) is 4. The van der Waals surface area contributed by atoms with Gasteiger partial charge in [-0.3, -0.25) is 4.90 Å². The highest BCUT2D eigenvalue weighted by Gasteiger charge is 2.34. The van der Waals surface area contributed by atoms with Gasteiger partial charge in [-0.25, -0.2) is 8.42 Å². The van der Waals surface area contributed by atoms with Crippen molar-refractivity contribution in [1.29, 1.82) is 0 Å². The zero-order valence-electron chi connectivity index (χ0n) is 10.7. The van der Waals surface area contributed by atoms with Gasteiger partial charge < -0.3 is 5.73 Å². The van der Waals surface area contributed by atoms with E-state index in [1.54, 1.807) is 4.90 Å². The maximum Gasteiger partial charge on any atom is 0.416 e. The minimum Gasteiger partial charge on any atom is -0.399 e. The molecule has 112 valence electrons. The Kier molecular flexibility index (Phi) is 3.97. The molecule has 0 amide bonds. The van der Waals surface area contributed by atoms with Crippen LogP contribution < -0.4 is 5.73 Å². The van der Waals surface area contributed by atoms with Crippen molar-refractivity contribution < 1.29 is 21.6 Å². The van der Waals surface area contributed by atoms with Crippen LogP contribution in [0.15, 0.2) is 18.2 Å². The number of hydrogen-bond donors (Lipinski definition) is 1. The molecule has 8 heteroatoms. The van der Waals surface area contributed by atoms with Gasteiger partial charge in [-0.05, 0) is 17.7 Å². The number of anilines is 1. The van der Waals surface area contributed by atoms with Gasteiger partial charge in [0.2, 0.25) is 0 Å². The van der Waals surface area contributed by atoms with Crippen LogP contribution in [0.5, 0.6) is 0 Å². The number of halogens is 3. The third-order valence-corrected chi connectivity index (χ3v) is 4.88. The van der Waals surface area contributed by atoms with E-state index in [1.165, 1.54) is 12.1 Å². The number of nitrogens with two attached hydrogens (primary N) is 1. The standard InChI is InChI=1S/C12H15F3N2O2S/c13-12(14,15)11-7-10(16)2-1-9(11)8-17-3-5-20(18,19)6-4-17/h1-2,7H,3-6,8,16H2. The van der Waals surface area contributed by atoms with Gasteiger partial charge in [0.25, 0.3) is 0 Å². The fraction of sp³-hybridized carbons (Fsp3) is 0.500. The summed E-state index contributed by atoms with van der Waals surface area (Å²) < 4.78 is 61.4. The molecule has 2 rings (SSSR count). The summed E-state index contributed by atoms with van der Waals surface area (Å²) >= 11 is 0. The molecule has 0 atom stereocenters. The average molecular weight is 308 g/mol. The molecule has 1 aromatic rings. The molecule has 4 nitrogen and oxygen atoms in total. The maximum absolute atomic E-state index is 12.9. The Hall–Kier alpha value is -1.28. The molecule has 2 N–H and O–H groups in total. The lowest BCUT2D eigenvalue weighted by Crippen LogP contribution is -2.40. The van der Waals surface area contributed by atoms with Crippen molar-refractivity contribution >= 4 is 15.5 Å². The number of alkyl halides is 3. The highest BCUT2D eigenvalue weighted by Crippen LogP contribution is 2.34. The van der Waals surface area contributed by atoms with Crippen molar-refractivity contribution in [2.45, 2.75) is 12.7 Å². The Morgan fingerprint density at radius 2 is 1.80 bits per heavy atom. The number of sulfone groups is 1. The van der Waals surface area contributed by atoms with E-state index < -0.39 is 21.6 Å². The van der Waals surface area contributed by atoms with Gasteiger partial charge in [0, 0.05) is 25.3 Å². The highest BCUT2D eigenvalue weighted by atomic mass is 32.2. The van der Waals surface area contributed by atoms with Crippen LogP contribution in [0.2, 0.25) is 0 Å². The van der Waals surface area contributed by atoms with Gasteiger partial charge in [-0.15, -0.1) is 0 Å². The second kappa shape index (κ2) is 5.25. The summed E-state index contributed by atoms with van der Waals surface area (Å²) in [6.45, 7) is 0.582. The average Bonchev–Trinajstić information content (AvgIpc) is 2.33. The lowest BCUT2D eigenvalue weighted by atomic mass is 10.1. The van der Waals surface area contributed by atoms with E-state index in [0.29, 0.717) is 0 Å².